The first-order valence-electron chi connectivity index (χ1n) is 8.24. The molecule has 1 amide bonds. The molecule has 4 heteroatoms. The van der Waals surface area contributed by atoms with Crippen molar-refractivity contribution in [3.05, 3.63) is 58.1 Å². The van der Waals surface area contributed by atoms with Crippen LogP contribution in [0.4, 0.5) is 5.69 Å². The highest BCUT2D eigenvalue weighted by molar-refractivity contribution is 9.10. The Morgan fingerprint density at radius 3 is 2.50 bits per heavy atom. The fourth-order valence-electron chi connectivity index (χ4n) is 2.31. The summed E-state index contributed by atoms with van der Waals surface area (Å²) in [6.45, 7) is 6.88. The minimum absolute atomic E-state index is 0.00157. The average Bonchev–Trinajstić information content (AvgIpc) is 2.55. The molecule has 24 heavy (non-hydrogen) atoms. The molecule has 0 spiro atoms. The summed E-state index contributed by atoms with van der Waals surface area (Å²) in [5, 5.41) is 2.91. The zero-order valence-corrected chi connectivity index (χ0v) is 16.0. The SMILES string of the molecule is Cc1ccc(NC(=O)CCCOc2ccc(C(C)C)cc2)c(Br)c1. The van der Waals surface area contributed by atoms with Gasteiger partial charge in [-0.25, -0.2) is 0 Å². The Labute approximate surface area is 152 Å². The van der Waals surface area contributed by atoms with Gasteiger partial charge < -0.3 is 10.1 Å². The lowest BCUT2D eigenvalue weighted by Crippen LogP contribution is -2.13. The molecule has 0 fully saturated rings. The molecule has 0 aliphatic rings. The van der Waals surface area contributed by atoms with Gasteiger partial charge in [-0.15, -0.1) is 0 Å². The van der Waals surface area contributed by atoms with Gasteiger partial charge in [0.15, 0.2) is 0 Å². The Kier molecular flexibility index (Phi) is 6.85. The monoisotopic (exact) mass is 389 g/mol. The lowest BCUT2D eigenvalue weighted by molar-refractivity contribution is -0.116. The van der Waals surface area contributed by atoms with Gasteiger partial charge in [-0.2, -0.15) is 0 Å². The van der Waals surface area contributed by atoms with Crippen LogP contribution >= 0.6 is 15.9 Å². The lowest BCUT2D eigenvalue weighted by Gasteiger charge is -2.10. The van der Waals surface area contributed by atoms with Crippen molar-refractivity contribution in [1.29, 1.82) is 0 Å². The molecular weight excluding hydrogens is 366 g/mol. The Morgan fingerprint density at radius 1 is 1.17 bits per heavy atom. The second kappa shape index (κ2) is 8.88. The van der Waals surface area contributed by atoms with Crippen molar-refractivity contribution in [2.45, 2.75) is 39.5 Å². The van der Waals surface area contributed by atoms with Crippen molar-refractivity contribution in [2.75, 3.05) is 11.9 Å². The van der Waals surface area contributed by atoms with Crippen LogP contribution in [0.3, 0.4) is 0 Å². The maximum atomic E-state index is 12.0. The number of amides is 1. The third-order valence-corrected chi connectivity index (χ3v) is 4.42. The van der Waals surface area contributed by atoms with Crippen LogP contribution < -0.4 is 10.1 Å². The number of halogens is 1. The summed E-state index contributed by atoms with van der Waals surface area (Å²) in [6.07, 6.45) is 1.12. The van der Waals surface area contributed by atoms with E-state index in [0.29, 0.717) is 25.4 Å². The quantitative estimate of drug-likeness (QED) is 0.618. The van der Waals surface area contributed by atoms with E-state index in [1.807, 2.05) is 37.3 Å². The standard InChI is InChI=1S/C20H24BrNO2/c1-14(2)16-7-9-17(10-8-16)24-12-4-5-20(23)22-19-11-6-15(3)13-18(19)21/h6-11,13-14H,4-5,12H2,1-3H3,(H,22,23). The van der Waals surface area contributed by atoms with Crippen LogP contribution in [0.15, 0.2) is 46.9 Å². The van der Waals surface area contributed by atoms with Gasteiger partial charge in [0.25, 0.3) is 0 Å². The maximum Gasteiger partial charge on any atom is 0.224 e. The van der Waals surface area contributed by atoms with Gasteiger partial charge in [-0.3, -0.25) is 4.79 Å². The number of benzene rings is 2. The molecule has 0 saturated heterocycles. The Balaban J connectivity index is 1.72. The summed E-state index contributed by atoms with van der Waals surface area (Å²) in [6, 6.07) is 14.0. The summed E-state index contributed by atoms with van der Waals surface area (Å²) in [4.78, 5) is 12.0. The molecule has 0 unspecified atom stereocenters. The van der Waals surface area contributed by atoms with Crippen LogP contribution in [0, 0.1) is 6.92 Å². The summed E-state index contributed by atoms with van der Waals surface area (Å²) in [5.41, 5.74) is 3.25. The third-order valence-electron chi connectivity index (χ3n) is 3.76. The fourth-order valence-corrected chi connectivity index (χ4v) is 2.90. The highest BCUT2D eigenvalue weighted by Gasteiger charge is 2.06. The molecule has 0 aliphatic heterocycles. The molecule has 2 aromatic carbocycles. The first-order chi connectivity index (χ1) is 11.5. The van der Waals surface area contributed by atoms with E-state index < -0.39 is 0 Å². The first kappa shape index (κ1) is 18.5. The highest BCUT2D eigenvalue weighted by Crippen LogP contribution is 2.23. The number of nitrogens with one attached hydrogen (secondary N) is 1. The number of ether oxygens (including phenoxy) is 1. The van der Waals surface area contributed by atoms with Gasteiger partial charge in [0.1, 0.15) is 5.75 Å². The van der Waals surface area contributed by atoms with Gasteiger partial charge >= 0.3 is 0 Å². The van der Waals surface area contributed by atoms with Crippen LogP contribution in [0.5, 0.6) is 5.75 Å². The summed E-state index contributed by atoms with van der Waals surface area (Å²) < 4.78 is 6.59. The van der Waals surface area contributed by atoms with E-state index in [9.17, 15) is 4.79 Å². The Morgan fingerprint density at radius 2 is 1.88 bits per heavy atom. The summed E-state index contributed by atoms with van der Waals surface area (Å²) in [5.74, 6) is 1.36. The molecule has 0 aliphatic carbocycles. The number of carbonyl (C=O) groups excluding carboxylic acids is 1. The van der Waals surface area contributed by atoms with Gasteiger partial charge in [-0.1, -0.05) is 32.0 Å². The molecule has 3 nitrogen and oxygen atoms in total. The lowest BCUT2D eigenvalue weighted by atomic mass is 10.0. The minimum atomic E-state index is -0.00157. The van der Waals surface area contributed by atoms with E-state index in [0.717, 1.165) is 21.5 Å². The number of rotatable bonds is 7. The maximum absolute atomic E-state index is 12.0. The number of hydrogen-bond acceptors (Lipinski definition) is 2. The Bertz CT molecular complexity index is 681. The molecule has 0 atom stereocenters. The fraction of sp³-hybridized carbons (Fsp3) is 0.350. The van der Waals surface area contributed by atoms with Crippen molar-refractivity contribution < 1.29 is 9.53 Å². The molecule has 0 saturated carbocycles. The first-order valence-corrected chi connectivity index (χ1v) is 9.04. The molecule has 0 bridgehead atoms. The van der Waals surface area contributed by atoms with E-state index in [1.165, 1.54) is 5.56 Å². The van der Waals surface area contributed by atoms with Gasteiger partial charge in [0, 0.05) is 10.9 Å². The average molecular weight is 390 g/mol. The van der Waals surface area contributed by atoms with Crippen molar-refractivity contribution in [1.82, 2.24) is 0 Å². The third kappa shape index (κ3) is 5.68. The van der Waals surface area contributed by atoms with Crippen molar-refractivity contribution in [3.8, 4) is 5.75 Å². The van der Waals surface area contributed by atoms with E-state index in [-0.39, 0.29) is 5.91 Å². The van der Waals surface area contributed by atoms with E-state index >= 15 is 0 Å². The van der Waals surface area contributed by atoms with Crippen molar-refractivity contribution in [3.63, 3.8) is 0 Å². The second-order valence-corrected chi connectivity index (χ2v) is 7.06. The zero-order chi connectivity index (χ0) is 17.5. The van der Waals surface area contributed by atoms with Crippen LogP contribution in [0.25, 0.3) is 0 Å². The van der Waals surface area contributed by atoms with E-state index in [2.05, 4.69) is 47.2 Å². The summed E-state index contributed by atoms with van der Waals surface area (Å²) >= 11 is 3.46. The smallest absolute Gasteiger partial charge is 0.224 e. The normalized spacial score (nSPS) is 10.7. The van der Waals surface area contributed by atoms with Crippen molar-refractivity contribution >= 4 is 27.5 Å². The summed E-state index contributed by atoms with van der Waals surface area (Å²) in [7, 11) is 0. The number of hydrogen-bond donors (Lipinski definition) is 1. The van der Waals surface area contributed by atoms with Crippen LogP contribution in [0.1, 0.15) is 43.7 Å². The molecular formula is C20H24BrNO2. The molecule has 1 N–H and O–H groups in total. The predicted octanol–water partition coefficient (Wildman–Crippen LogP) is 5.68. The van der Waals surface area contributed by atoms with E-state index in [4.69, 9.17) is 4.74 Å². The molecule has 0 radical (unpaired) electrons. The number of aryl methyl sites for hydroxylation is 1. The minimum Gasteiger partial charge on any atom is -0.494 e. The van der Waals surface area contributed by atoms with Gasteiger partial charge in [-0.05, 0) is 70.6 Å². The largest absolute Gasteiger partial charge is 0.494 e. The van der Waals surface area contributed by atoms with Gasteiger partial charge in [0.2, 0.25) is 5.91 Å². The second-order valence-electron chi connectivity index (χ2n) is 6.21. The number of carbonyl (C=O) groups is 1. The highest BCUT2D eigenvalue weighted by atomic mass is 79.9. The molecule has 2 rings (SSSR count). The molecule has 0 aromatic heterocycles. The zero-order valence-electron chi connectivity index (χ0n) is 14.4. The van der Waals surface area contributed by atoms with Gasteiger partial charge in [0.05, 0.1) is 12.3 Å². The topological polar surface area (TPSA) is 38.3 Å². The molecule has 0 heterocycles. The predicted molar refractivity (Wildman–Crippen MR) is 103 cm³/mol. The molecule has 128 valence electrons. The molecule has 2 aromatic rings. The van der Waals surface area contributed by atoms with Crippen LogP contribution in [-0.4, -0.2) is 12.5 Å². The van der Waals surface area contributed by atoms with E-state index in [1.54, 1.807) is 0 Å². The van der Waals surface area contributed by atoms with Crippen molar-refractivity contribution in [2.24, 2.45) is 0 Å². The van der Waals surface area contributed by atoms with Crippen LogP contribution in [-0.2, 0) is 4.79 Å². The number of anilines is 1. The Hall–Kier alpha value is -1.81. The van der Waals surface area contributed by atoms with Crippen LogP contribution in [0.2, 0.25) is 0 Å².